The van der Waals surface area contributed by atoms with Crippen molar-refractivity contribution >= 4 is 28.6 Å². The molecule has 0 radical (unpaired) electrons. The number of furan rings is 1. The number of thioether (sulfide) groups is 1. The highest BCUT2D eigenvalue weighted by Crippen LogP contribution is 2.29. The van der Waals surface area contributed by atoms with E-state index in [1.54, 1.807) is 6.26 Å². The molecule has 1 aromatic carbocycles. The summed E-state index contributed by atoms with van der Waals surface area (Å²) in [5, 5.41) is 13.5. The first-order valence-corrected chi connectivity index (χ1v) is 9.22. The van der Waals surface area contributed by atoms with Gasteiger partial charge < -0.3 is 19.4 Å². The van der Waals surface area contributed by atoms with E-state index in [9.17, 15) is 9.90 Å². The third-order valence-electron chi connectivity index (χ3n) is 4.14. The lowest BCUT2D eigenvalue weighted by molar-refractivity contribution is -0.118. The van der Waals surface area contributed by atoms with E-state index in [1.165, 1.54) is 11.8 Å². The number of hydrogen-bond acceptors (Lipinski definition) is 4. The van der Waals surface area contributed by atoms with Crippen LogP contribution in [-0.2, 0) is 18.3 Å². The maximum atomic E-state index is 12.1. The van der Waals surface area contributed by atoms with Gasteiger partial charge in [0.1, 0.15) is 5.76 Å². The van der Waals surface area contributed by atoms with Crippen molar-refractivity contribution in [3.8, 4) is 0 Å². The van der Waals surface area contributed by atoms with Crippen LogP contribution in [0.3, 0.4) is 0 Å². The number of hydrogen-bond donors (Lipinski definition) is 2. The number of aromatic nitrogens is 1. The number of amides is 1. The third kappa shape index (κ3) is 4.46. The first kappa shape index (κ1) is 17.6. The Hall–Kier alpha value is -2.18. The second kappa shape index (κ2) is 8.27. The van der Waals surface area contributed by atoms with E-state index in [2.05, 4.69) is 28.2 Å². The molecule has 3 rings (SSSR count). The number of aryl methyl sites for hydroxylation is 1. The fourth-order valence-electron chi connectivity index (χ4n) is 2.79. The van der Waals surface area contributed by atoms with Crippen molar-refractivity contribution < 1.29 is 14.3 Å². The highest BCUT2D eigenvalue weighted by molar-refractivity contribution is 8.00. The molecule has 1 amide bonds. The van der Waals surface area contributed by atoms with E-state index in [4.69, 9.17) is 4.42 Å². The Morgan fingerprint density at radius 1 is 1.32 bits per heavy atom. The maximum Gasteiger partial charge on any atom is 0.230 e. The summed E-state index contributed by atoms with van der Waals surface area (Å²) in [4.78, 5) is 13.2. The number of carbonyl (C=O) groups is 1. The first-order chi connectivity index (χ1) is 12.2. The van der Waals surface area contributed by atoms with E-state index in [-0.39, 0.29) is 18.4 Å². The van der Waals surface area contributed by atoms with Crippen molar-refractivity contribution in [1.82, 2.24) is 9.88 Å². The highest BCUT2D eigenvalue weighted by Gasteiger charge is 2.13. The van der Waals surface area contributed by atoms with Crippen molar-refractivity contribution in [2.75, 3.05) is 18.9 Å². The van der Waals surface area contributed by atoms with Crippen LogP contribution >= 0.6 is 11.8 Å². The van der Waals surface area contributed by atoms with Gasteiger partial charge in [0, 0.05) is 54.5 Å². The molecule has 132 valence electrons. The standard InChI is InChI=1S/C19H22N2O3S/c1-21-11-18(16-6-2-3-7-17(16)21)25-13-19(23)20-10-14(12-22)9-15-5-4-8-24-15/h2-8,11,14,22H,9-10,12-13H2,1H3,(H,20,23)/t14-/m0/s1. The zero-order valence-corrected chi connectivity index (χ0v) is 15.0. The van der Waals surface area contributed by atoms with Gasteiger partial charge in [0.25, 0.3) is 0 Å². The molecule has 0 aliphatic carbocycles. The quantitative estimate of drug-likeness (QED) is 0.608. The van der Waals surface area contributed by atoms with Gasteiger partial charge in [0.15, 0.2) is 0 Å². The smallest absolute Gasteiger partial charge is 0.230 e. The lowest BCUT2D eigenvalue weighted by atomic mass is 10.1. The monoisotopic (exact) mass is 358 g/mol. The van der Waals surface area contributed by atoms with Crippen molar-refractivity contribution in [1.29, 1.82) is 0 Å². The molecule has 0 saturated heterocycles. The summed E-state index contributed by atoms with van der Waals surface area (Å²) in [5.41, 5.74) is 1.16. The van der Waals surface area contributed by atoms with Gasteiger partial charge in [0.2, 0.25) is 5.91 Å². The molecule has 0 aliphatic rings. The topological polar surface area (TPSA) is 67.4 Å². The van der Waals surface area contributed by atoms with Crippen molar-refractivity contribution in [3.63, 3.8) is 0 Å². The number of aliphatic hydroxyl groups is 1. The first-order valence-electron chi connectivity index (χ1n) is 8.24. The molecule has 0 spiro atoms. The number of nitrogens with zero attached hydrogens (tertiary/aromatic N) is 1. The number of nitrogens with one attached hydrogen (secondary N) is 1. The van der Waals surface area contributed by atoms with Gasteiger partial charge in [-0.3, -0.25) is 4.79 Å². The minimum absolute atomic E-state index is 0.0114. The van der Waals surface area contributed by atoms with Gasteiger partial charge in [-0.2, -0.15) is 0 Å². The SMILES string of the molecule is Cn1cc(SCC(=O)NC[C@@H](CO)Cc2ccco2)c2ccccc21. The summed E-state index contributed by atoms with van der Waals surface area (Å²) < 4.78 is 7.36. The fraction of sp³-hybridized carbons (Fsp3) is 0.316. The molecule has 0 bridgehead atoms. The second-order valence-corrected chi connectivity index (χ2v) is 7.06. The van der Waals surface area contributed by atoms with Crippen LogP contribution in [0.2, 0.25) is 0 Å². The van der Waals surface area contributed by atoms with Crippen LogP contribution in [0.1, 0.15) is 5.76 Å². The zero-order chi connectivity index (χ0) is 17.6. The number of benzene rings is 1. The highest BCUT2D eigenvalue weighted by atomic mass is 32.2. The Balaban J connectivity index is 1.50. The number of carbonyl (C=O) groups excluding carboxylic acids is 1. The second-order valence-electron chi connectivity index (χ2n) is 6.05. The zero-order valence-electron chi connectivity index (χ0n) is 14.1. The molecule has 5 nitrogen and oxygen atoms in total. The van der Waals surface area contributed by atoms with E-state index < -0.39 is 0 Å². The number of para-hydroxylation sites is 1. The van der Waals surface area contributed by atoms with Crippen molar-refractivity contribution in [3.05, 3.63) is 54.6 Å². The molecule has 25 heavy (non-hydrogen) atoms. The summed E-state index contributed by atoms with van der Waals surface area (Å²) in [6.45, 7) is 0.448. The van der Waals surface area contributed by atoms with Gasteiger partial charge in [0.05, 0.1) is 12.0 Å². The van der Waals surface area contributed by atoms with Crippen LogP contribution in [0.25, 0.3) is 10.9 Å². The minimum Gasteiger partial charge on any atom is -0.469 e. The number of rotatable bonds is 8. The molecular formula is C19H22N2O3S. The third-order valence-corrected chi connectivity index (χ3v) is 5.18. The Bertz CT molecular complexity index is 826. The molecule has 1 atom stereocenters. The Kier molecular flexibility index (Phi) is 5.83. The van der Waals surface area contributed by atoms with Gasteiger partial charge in [-0.15, -0.1) is 11.8 Å². The predicted octanol–water partition coefficient (Wildman–Crippen LogP) is 2.83. The molecule has 2 aromatic heterocycles. The van der Waals surface area contributed by atoms with E-state index in [0.29, 0.717) is 18.7 Å². The van der Waals surface area contributed by atoms with Crippen LogP contribution in [0.4, 0.5) is 0 Å². The summed E-state index contributed by atoms with van der Waals surface area (Å²) in [6.07, 6.45) is 4.28. The summed E-state index contributed by atoms with van der Waals surface area (Å²) in [6, 6.07) is 11.9. The lowest BCUT2D eigenvalue weighted by Crippen LogP contribution is -2.32. The minimum atomic E-state index is -0.0438. The van der Waals surface area contributed by atoms with Crippen LogP contribution in [0, 0.1) is 5.92 Å². The Morgan fingerprint density at radius 2 is 2.16 bits per heavy atom. The van der Waals surface area contributed by atoms with Crippen LogP contribution in [0.15, 0.2) is 58.2 Å². The molecule has 6 heteroatoms. The Labute approximate surface area is 151 Å². The van der Waals surface area contributed by atoms with E-state index in [1.807, 2.05) is 31.3 Å². The average molecular weight is 358 g/mol. The predicted molar refractivity (Wildman–Crippen MR) is 99.6 cm³/mol. The lowest BCUT2D eigenvalue weighted by Gasteiger charge is -2.13. The Morgan fingerprint density at radius 3 is 2.92 bits per heavy atom. The molecule has 3 aromatic rings. The number of aliphatic hydroxyl groups excluding tert-OH is 1. The van der Waals surface area contributed by atoms with E-state index >= 15 is 0 Å². The molecule has 0 unspecified atom stereocenters. The van der Waals surface area contributed by atoms with Crippen LogP contribution in [0.5, 0.6) is 0 Å². The molecule has 0 aliphatic heterocycles. The summed E-state index contributed by atoms with van der Waals surface area (Å²) in [7, 11) is 2.01. The molecule has 2 heterocycles. The maximum absolute atomic E-state index is 12.1. The molecular weight excluding hydrogens is 336 g/mol. The van der Waals surface area contributed by atoms with Crippen molar-refractivity contribution in [2.24, 2.45) is 13.0 Å². The average Bonchev–Trinajstić information content (AvgIpc) is 3.25. The summed E-state index contributed by atoms with van der Waals surface area (Å²) >= 11 is 1.53. The summed E-state index contributed by atoms with van der Waals surface area (Å²) in [5.74, 6) is 1.10. The molecule has 2 N–H and O–H groups in total. The fourth-order valence-corrected chi connectivity index (χ4v) is 3.74. The van der Waals surface area contributed by atoms with Gasteiger partial charge in [-0.1, -0.05) is 18.2 Å². The number of fused-ring (bicyclic) bond motifs is 1. The van der Waals surface area contributed by atoms with Crippen molar-refractivity contribution in [2.45, 2.75) is 11.3 Å². The normalized spacial score (nSPS) is 12.4. The molecule has 0 fully saturated rings. The van der Waals surface area contributed by atoms with Gasteiger partial charge in [-0.05, 0) is 18.2 Å². The van der Waals surface area contributed by atoms with Gasteiger partial charge >= 0.3 is 0 Å². The van der Waals surface area contributed by atoms with Crippen LogP contribution in [-0.4, -0.2) is 34.5 Å². The van der Waals surface area contributed by atoms with Crippen LogP contribution < -0.4 is 5.32 Å². The molecule has 0 saturated carbocycles. The van der Waals surface area contributed by atoms with Gasteiger partial charge in [-0.25, -0.2) is 0 Å². The van der Waals surface area contributed by atoms with E-state index in [0.717, 1.165) is 21.6 Å². The largest absolute Gasteiger partial charge is 0.469 e.